The van der Waals surface area contributed by atoms with Crippen molar-refractivity contribution in [3.05, 3.63) is 20.8 Å². The molecule has 0 aliphatic heterocycles. The van der Waals surface area contributed by atoms with Crippen molar-refractivity contribution in [1.29, 1.82) is 5.26 Å². The van der Waals surface area contributed by atoms with Crippen LogP contribution in [0.3, 0.4) is 0 Å². The Morgan fingerprint density at radius 1 is 1.56 bits per heavy atom. The van der Waals surface area contributed by atoms with Crippen LogP contribution < -0.4 is 0 Å². The van der Waals surface area contributed by atoms with E-state index in [1.165, 1.54) is 11.3 Å². The Bertz CT molecular complexity index is 436. The summed E-state index contributed by atoms with van der Waals surface area (Å²) in [7, 11) is 0. The van der Waals surface area contributed by atoms with E-state index in [0.717, 1.165) is 15.2 Å². The second-order valence-electron chi connectivity index (χ2n) is 4.56. The molecule has 1 rings (SSSR count). The number of Topliss-reactive ketones (excluding diaryl/α,β-unsaturated/α-hetero) is 1. The zero-order chi connectivity index (χ0) is 13.5. The van der Waals surface area contributed by atoms with Gasteiger partial charge in [-0.15, -0.1) is 11.3 Å². The van der Waals surface area contributed by atoms with Crippen LogP contribution in [0.2, 0.25) is 0 Å². The number of nitrogens with zero attached hydrogens (tertiary/aromatic N) is 2. The van der Waals surface area contributed by atoms with Gasteiger partial charge in [0, 0.05) is 19.5 Å². The van der Waals surface area contributed by atoms with E-state index in [0.29, 0.717) is 25.4 Å². The lowest BCUT2D eigenvalue weighted by Crippen LogP contribution is -2.33. The van der Waals surface area contributed by atoms with Gasteiger partial charge in [0.05, 0.1) is 21.3 Å². The van der Waals surface area contributed by atoms with Crippen LogP contribution in [0.1, 0.15) is 29.9 Å². The maximum atomic E-state index is 12.1. The molecule has 98 valence electrons. The molecule has 0 aliphatic rings. The van der Waals surface area contributed by atoms with E-state index in [4.69, 9.17) is 5.26 Å². The van der Waals surface area contributed by atoms with Gasteiger partial charge in [-0.1, -0.05) is 13.8 Å². The molecule has 0 atom stereocenters. The molecule has 0 amide bonds. The third kappa shape index (κ3) is 5.30. The van der Waals surface area contributed by atoms with E-state index in [2.05, 4.69) is 40.7 Å². The summed E-state index contributed by atoms with van der Waals surface area (Å²) in [5.41, 5.74) is 0. The number of thiophene rings is 1. The van der Waals surface area contributed by atoms with Gasteiger partial charge in [-0.3, -0.25) is 9.69 Å². The number of ketones is 1. The number of nitriles is 1. The lowest BCUT2D eigenvalue weighted by molar-refractivity contribution is 0.0928. The molecule has 1 aromatic heterocycles. The van der Waals surface area contributed by atoms with Gasteiger partial charge in [0.2, 0.25) is 0 Å². The number of hydrogen-bond acceptors (Lipinski definition) is 4. The molecule has 1 aromatic rings. The maximum Gasteiger partial charge on any atom is 0.186 e. The van der Waals surface area contributed by atoms with Gasteiger partial charge in [-0.25, -0.2) is 0 Å². The number of carbonyl (C=O) groups is 1. The molecule has 0 aromatic carbocycles. The highest BCUT2D eigenvalue weighted by molar-refractivity contribution is 9.11. The molecule has 18 heavy (non-hydrogen) atoms. The van der Waals surface area contributed by atoms with Gasteiger partial charge in [-0.05, 0) is 34.0 Å². The summed E-state index contributed by atoms with van der Waals surface area (Å²) in [5.74, 6) is 0.621. The average Bonchev–Trinajstić information content (AvgIpc) is 2.72. The van der Waals surface area contributed by atoms with Gasteiger partial charge in [-0.2, -0.15) is 5.26 Å². The fraction of sp³-hybridized carbons (Fsp3) is 0.538. The predicted octanol–water partition coefficient (Wildman–Crippen LogP) is 3.56. The summed E-state index contributed by atoms with van der Waals surface area (Å²) >= 11 is 4.81. The van der Waals surface area contributed by atoms with E-state index in [9.17, 15) is 4.79 Å². The molecule has 0 N–H and O–H groups in total. The van der Waals surface area contributed by atoms with E-state index >= 15 is 0 Å². The first kappa shape index (κ1) is 15.4. The minimum absolute atomic E-state index is 0.129. The second-order valence-corrected chi connectivity index (χ2v) is 7.03. The third-order valence-electron chi connectivity index (χ3n) is 2.38. The lowest BCUT2D eigenvalue weighted by atomic mass is 10.2. The van der Waals surface area contributed by atoms with E-state index in [1.807, 2.05) is 12.1 Å². The predicted molar refractivity (Wildman–Crippen MR) is 77.9 cm³/mol. The lowest BCUT2D eigenvalue weighted by Gasteiger charge is -2.21. The van der Waals surface area contributed by atoms with Crippen LogP contribution in [0.5, 0.6) is 0 Å². The molecule has 0 radical (unpaired) electrons. The zero-order valence-corrected chi connectivity index (χ0v) is 13.1. The van der Waals surface area contributed by atoms with Crippen LogP contribution in [-0.2, 0) is 0 Å². The number of rotatable bonds is 7. The van der Waals surface area contributed by atoms with E-state index in [1.54, 1.807) is 0 Å². The Morgan fingerprint density at radius 2 is 2.28 bits per heavy atom. The Kier molecular flexibility index (Phi) is 6.55. The maximum absolute atomic E-state index is 12.1. The first-order valence-electron chi connectivity index (χ1n) is 5.90. The Labute approximate surface area is 121 Å². The molecule has 0 aliphatic carbocycles. The highest BCUT2D eigenvalue weighted by Crippen LogP contribution is 2.22. The Hall–Kier alpha value is -0.700. The minimum atomic E-state index is 0.129. The molecule has 1 heterocycles. The normalized spacial score (nSPS) is 10.9. The second kappa shape index (κ2) is 7.67. The standard InChI is InChI=1S/C13H17BrN2OS/c1-10(2)8-16(7-3-6-15)9-11(17)12-4-5-13(14)18-12/h4-5,10H,3,7-9H2,1-2H3. The smallest absolute Gasteiger partial charge is 0.186 e. The SMILES string of the molecule is CC(C)CN(CCC#N)CC(=O)c1ccc(Br)s1. The topological polar surface area (TPSA) is 44.1 Å². The van der Waals surface area contributed by atoms with Crippen molar-refractivity contribution < 1.29 is 4.79 Å². The van der Waals surface area contributed by atoms with Crippen LogP contribution >= 0.6 is 27.3 Å². The van der Waals surface area contributed by atoms with Crippen molar-refractivity contribution in [2.45, 2.75) is 20.3 Å². The number of hydrogen-bond donors (Lipinski definition) is 0. The van der Waals surface area contributed by atoms with Crippen LogP contribution in [0.4, 0.5) is 0 Å². The van der Waals surface area contributed by atoms with Crippen molar-refractivity contribution in [2.75, 3.05) is 19.6 Å². The summed E-state index contributed by atoms with van der Waals surface area (Å²) in [6.45, 7) is 6.14. The van der Waals surface area contributed by atoms with Gasteiger partial charge >= 0.3 is 0 Å². The average molecular weight is 329 g/mol. The molecular weight excluding hydrogens is 312 g/mol. The quantitative estimate of drug-likeness (QED) is 0.719. The molecule has 0 spiro atoms. The highest BCUT2D eigenvalue weighted by atomic mass is 79.9. The minimum Gasteiger partial charge on any atom is -0.294 e. The van der Waals surface area contributed by atoms with E-state index < -0.39 is 0 Å². The van der Waals surface area contributed by atoms with Crippen LogP contribution in [0.15, 0.2) is 15.9 Å². The van der Waals surface area contributed by atoms with Crippen LogP contribution in [0.25, 0.3) is 0 Å². The monoisotopic (exact) mass is 328 g/mol. The third-order valence-corrected chi connectivity index (χ3v) is 4.04. The fourth-order valence-corrected chi connectivity index (χ4v) is 3.02. The molecule has 3 nitrogen and oxygen atoms in total. The molecule has 0 unspecified atom stereocenters. The van der Waals surface area contributed by atoms with Gasteiger partial charge in [0.25, 0.3) is 0 Å². The van der Waals surface area contributed by atoms with Crippen molar-refractivity contribution >= 4 is 33.0 Å². The zero-order valence-electron chi connectivity index (χ0n) is 10.6. The summed E-state index contributed by atoms with van der Waals surface area (Å²) in [5, 5.41) is 8.64. The van der Waals surface area contributed by atoms with Crippen molar-refractivity contribution in [3.63, 3.8) is 0 Å². The Balaban J connectivity index is 2.59. The van der Waals surface area contributed by atoms with Crippen molar-refractivity contribution in [1.82, 2.24) is 4.90 Å². The highest BCUT2D eigenvalue weighted by Gasteiger charge is 2.15. The first-order chi connectivity index (χ1) is 8.52. The van der Waals surface area contributed by atoms with E-state index in [-0.39, 0.29) is 5.78 Å². The molecule has 0 saturated heterocycles. The molecule has 5 heteroatoms. The van der Waals surface area contributed by atoms with Gasteiger partial charge in [0.1, 0.15) is 0 Å². The van der Waals surface area contributed by atoms with Gasteiger partial charge in [0.15, 0.2) is 5.78 Å². The van der Waals surface area contributed by atoms with Crippen LogP contribution in [0, 0.1) is 17.2 Å². The molecule has 0 bridgehead atoms. The Morgan fingerprint density at radius 3 is 2.78 bits per heavy atom. The summed E-state index contributed by atoms with van der Waals surface area (Å²) in [6, 6.07) is 5.86. The van der Waals surface area contributed by atoms with Crippen molar-refractivity contribution in [2.24, 2.45) is 5.92 Å². The number of carbonyl (C=O) groups excluding carboxylic acids is 1. The molecular formula is C13H17BrN2OS. The van der Waals surface area contributed by atoms with Gasteiger partial charge < -0.3 is 0 Å². The largest absolute Gasteiger partial charge is 0.294 e. The number of halogens is 1. The molecule has 0 fully saturated rings. The molecule has 0 saturated carbocycles. The summed E-state index contributed by atoms with van der Waals surface area (Å²) in [4.78, 5) is 14.9. The van der Waals surface area contributed by atoms with Crippen molar-refractivity contribution in [3.8, 4) is 6.07 Å². The van der Waals surface area contributed by atoms with Crippen LogP contribution in [-0.4, -0.2) is 30.3 Å². The first-order valence-corrected chi connectivity index (χ1v) is 7.51. The fourth-order valence-electron chi connectivity index (χ4n) is 1.70. The summed E-state index contributed by atoms with van der Waals surface area (Å²) in [6.07, 6.45) is 0.466. The summed E-state index contributed by atoms with van der Waals surface area (Å²) < 4.78 is 0.971.